The van der Waals surface area contributed by atoms with Gasteiger partial charge in [0.1, 0.15) is 0 Å². The minimum atomic E-state index is -0.259. The summed E-state index contributed by atoms with van der Waals surface area (Å²) in [6.45, 7) is 4.70. The van der Waals surface area contributed by atoms with Crippen molar-refractivity contribution in [3.05, 3.63) is 18.1 Å². The summed E-state index contributed by atoms with van der Waals surface area (Å²) in [5, 5.41) is 0. The lowest BCUT2D eigenvalue weighted by atomic mass is 9.98. The van der Waals surface area contributed by atoms with Crippen LogP contribution in [0.2, 0.25) is 0 Å². The van der Waals surface area contributed by atoms with Crippen molar-refractivity contribution in [3.63, 3.8) is 0 Å². The fraction of sp³-hybridized carbons (Fsp3) is 0.615. The van der Waals surface area contributed by atoms with Gasteiger partial charge in [-0.25, -0.2) is 4.98 Å². The molecule has 19 heavy (non-hydrogen) atoms. The van der Waals surface area contributed by atoms with Crippen LogP contribution < -0.4 is 10.5 Å². The standard InChI is InChI=1S/C13H20N4O2/c1-10-13(16-5-4-15-10)19-9-11-2-6-17(7-3-11)8-12(14)18/h4-5,11H,2-3,6-9H2,1H3,(H2,14,18). The van der Waals surface area contributed by atoms with Gasteiger partial charge in [0.2, 0.25) is 11.8 Å². The highest BCUT2D eigenvalue weighted by atomic mass is 16.5. The Balaban J connectivity index is 1.74. The number of hydrogen-bond acceptors (Lipinski definition) is 5. The van der Waals surface area contributed by atoms with Crippen molar-refractivity contribution in [2.45, 2.75) is 19.8 Å². The average Bonchev–Trinajstić information content (AvgIpc) is 2.39. The first-order valence-corrected chi connectivity index (χ1v) is 6.56. The smallest absolute Gasteiger partial charge is 0.235 e. The van der Waals surface area contributed by atoms with Gasteiger partial charge in [-0.15, -0.1) is 0 Å². The van der Waals surface area contributed by atoms with Gasteiger partial charge in [0.05, 0.1) is 18.8 Å². The Morgan fingerprint density at radius 1 is 1.42 bits per heavy atom. The molecule has 1 aromatic rings. The van der Waals surface area contributed by atoms with Gasteiger partial charge in [-0.05, 0) is 38.8 Å². The molecule has 0 aromatic carbocycles. The number of carbonyl (C=O) groups excluding carboxylic acids is 1. The molecule has 0 bridgehead atoms. The molecule has 1 aliphatic rings. The van der Waals surface area contributed by atoms with E-state index < -0.39 is 0 Å². The lowest BCUT2D eigenvalue weighted by Crippen LogP contribution is -2.40. The number of primary amides is 1. The summed E-state index contributed by atoms with van der Waals surface area (Å²) in [4.78, 5) is 21.2. The predicted octanol–water partition coefficient (Wildman–Crippen LogP) is 0.361. The number of amides is 1. The van der Waals surface area contributed by atoms with E-state index in [1.165, 1.54) is 0 Å². The van der Waals surface area contributed by atoms with Gasteiger partial charge in [-0.2, -0.15) is 0 Å². The monoisotopic (exact) mass is 264 g/mol. The van der Waals surface area contributed by atoms with Crippen LogP contribution in [0.25, 0.3) is 0 Å². The summed E-state index contributed by atoms with van der Waals surface area (Å²) in [6.07, 6.45) is 5.33. The van der Waals surface area contributed by atoms with Gasteiger partial charge < -0.3 is 10.5 Å². The van der Waals surface area contributed by atoms with E-state index in [1.54, 1.807) is 12.4 Å². The largest absolute Gasteiger partial charge is 0.476 e. The molecule has 1 saturated heterocycles. The molecule has 6 heteroatoms. The normalized spacial score (nSPS) is 17.3. The lowest BCUT2D eigenvalue weighted by Gasteiger charge is -2.30. The molecule has 1 aromatic heterocycles. The first kappa shape index (κ1) is 13.7. The summed E-state index contributed by atoms with van der Waals surface area (Å²) in [5.41, 5.74) is 6.00. The highest BCUT2D eigenvalue weighted by molar-refractivity contribution is 5.75. The van der Waals surface area contributed by atoms with E-state index in [9.17, 15) is 4.79 Å². The molecule has 104 valence electrons. The van der Waals surface area contributed by atoms with Gasteiger partial charge in [0, 0.05) is 12.4 Å². The second kappa shape index (κ2) is 6.47. The maximum Gasteiger partial charge on any atom is 0.235 e. The molecule has 2 N–H and O–H groups in total. The summed E-state index contributed by atoms with van der Waals surface area (Å²) in [7, 11) is 0. The Kier molecular flexibility index (Phi) is 4.68. The van der Waals surface area contributed by atoms with Crippen LogP contribution in [-0.4, -0.2) is 47.0 Å². The van der Waals surface area contributed by atoms with Crippen LogP contribution in [0.15, 0.2) is 12.4 Å². The van der Waals surface area contributed by atoms with E-state index in [2.05, 4.69) is 14.9 Å². The number of hydrogen-bond donors (Lipinski definition) is 1. The fourth-order valence-electron chi connectivity index (χ4n) is 2.26. The quantitative estimate of drug-likeness (QED) is 0.830. The molecule has 6 nitrogen and oxygen atoms in total. The number of aryl methyl sites for hydroxylation is 1. The van der Waals surface area contributed by atoms with Crippen molar-refractivity contribution in [1.82, 2.24) is 14.9 Å². The van der Waals surface area contributed by atoms with Crippen molar-refractivity contribution >= 4 is 5.91 Å². The van der Waals surface area contributed by atoms with Crippen LogP contribution in [0.5, 0.6) is 5.88 Å². The van der Waals surface area contributed by atoms with Crippen LogP contribution in [-0.2, 0) is 4.79 Å². The topological polar surface area (TPSA) is 81.3 Å². The summed E-state index contributed by atoms with van der Waals surface area (Å²) in [5.74, 6) is 0.859. The number of nitrogens with zero attached hydrogens (tertiary/aromatic N) is 3. The zero-order valence-corrected chi connectivity index (χ0v) is 11.2. The minimum absolute atomic E-state index is 0.259. The molecular weight excluding hydrogens is 244 g/mol. The number of carbonyl (C=O) groups is 1. The third-order valence-electron chi connectivity index (χ3n) is 3.38. The summed E-state index contributed by atoms with van der Waals surface area (Å²) < 4.78 is 5.71. The number of rotatable bonds is 5. The first-order valence-electron chi connectivity index (χ1n) is 6.56. The molecule has 2 rings (SSSR count). The Morgan fingerprint density at radius 2 is 2.11 bits per heavy atom. The van der Waals surface area contributed by atoms with Crippen LogP contribution in [0.1, 0.15) is 18.5 Å². The van der Waals surface area contributed by atoms with Crippen molar-refractivity contribution in [2.75, 3.05) is 26.2 Å². The maximum absolute atomic E-state index is 10.8. The van der Waals surface area contributed by atoms with Crippen LogP contribution >= 0.6 is 0 Å². The zero-order chi connectivity index (χ0) is 13.7. The summed E-state index contributed by atoms with van der Waals surface area (Å²) in [6, 6.07) is 0. The van der Waals surface area contributed by atoms with Gasteiger partial charge in [-0.3, -0.25) is 14.7 Å². The lowest BCUT2D eigenvalue weighted by molar-refractivity contribution is -0.119. The maximum atomic E-state index is 10.8. The molecular formula is C13H20N4O2. The number of aromatic nitrogens is 2. The molecule has 0 saturated carbocycles. The first-order chi connectivity index (χ1) is 9.15. The number of piperidine rings is 1. The molecule has 0 spiro atoms. The van der Waals surface area contributed by atoms with E-state index in [1.807, 2.05) is 6.92 Å². The molecule has 1 amide bonds. The molecule has 0 atom stereocenters. The third kappa shape index (κ3) is 4.17. The van der Waals surface area contributed by atoms with Crippen molar-refractivity contribution < 1.29 is 9.53 Å². The van der Waals surface area contributed by atoms with Crippen LogP contribution in [0.4, 0.5) is 0 Å². The Labute approximate surface area is 113 Å². The van der Waals surface area contributed by atoms with Gasteiger partial charge in [0.25, 0.3) is 0 Å². The highest BCUT2D eigenvalue weighted by Crippen LogP contribution is 2.19. The number of ether oxygens (including phenoxy) is 1. The second-order valence-corrected chi connectivity index (χ2v) is 4.94. The van der Waals surface area contributed by atoms with Crippen LogP contribution in [0.3, 0.4) is 0 Å². The second-order valence-electron chi connectivity index (χ2n) is 4.94. The molecule has 0 unspecified atom stereocenters. The van der Waals surface area contributed by atoms with E-state index in [0.29, 0.717) is 24.9 Å². The van der Waals surface area contributed by atoms with E-state index in [0.717, 1.165) is 31.6 Å². The Hall–Kier alpha value is -1.69. The zero-order valence-electron chi connectivity index (χ0n) is 11.2. The number of nitrogens with two attached hydrogens (primary N) is 1. The highest BCUT2D eigenvalue weighted by Gasteiger charge is 2.20. The van der Waals surface area contributed by atoms with E-state index in [4.69, 9.17) is 10.5 Å². The van der Waals surface area contributed by atoms with Gasteiger partial charge in [-0.1, -0.05) is 0 Å². The summed E-state index contributed by atoms with van der Waals surface area (Å²) >= 11 is 0. The number of likely N-dealkylation sites (tertiary alicyclic amines) is 1. The minimum Gasteiger partial charge on any atom is -0.476 e. The molecule has 1 aliphatic heterocycles. The van der Waals surface area contributed by atoms with Crippen molar-refractivity contribution in [3.8, 4) is 5.88 Å². The Morgan fingerprint density at radius 3 is 2.74 bits per heavy atom. The molecule has 0 aliphatic carbocycles. The predicted molar refractivity (Wildman–Crippen MR) is 70.6 cm³/mol. The van der Waals surface area contributed by atoms with Gasteiger partial charge in [0.15, 0.2) is 0 Å². The fourth-order valence-corrected chi connectivity index (χ4v) is 2.26. The van der Waals surface area contributed by atoms with Gasteiger partial charge >= 0.3 is 0 Å². The van der Waals surface area contributed by atoms with E-state index >= 15 is 0 Å². The molecule has 1 fully saturated rings. The average molecular weight is 264 g/mol. The molecule has 2 heterocycles. The van der Waals surface area contributed by atoms with Crippen molar-refractivity contribution in [2.24, 2.45) is 11.7 Å². The third-order valence-corrected chi connectivity index (χ3v) is 3.38. The molecule has 0 radical (unpaired) electrons. The Bertz CT molecular complexity index is 430. The SMILES string of the molecule is Cc1nccnc1OCC1CCN(CC(N)=O)CC1. The van der Waals surface area contributed by atoms with Crippen molar-refractivity contribution in [1.29, 1.82) is 0 Å². The van der Waals surface area contributed by atoms with Crippen LogP contribution in [0, 0.1) is 12.8 Å². The van der Waals surface area contributed by atoms with E-state index in [-0.39, 0.29) is 5.91 Å².